The van der Waals surface area contributed by atoms with E-state index in [1.54, 1.807) is 37.3 Å². The molecule has 3 aromatic carbocycles. The number of carbonyl (C=O) groups is 1. The van der Waals surface area contributed by atoms with Gasteiger partial charge in [-0.05, 0) is 73.9 Å². The summed E-state index contributed by atoms with van der Waals surface area (Å²) in [6.45, 7) is 1.40. The molecule has 1 aliphatic heterocycles. The van der Waals surface area contributed by atoms with Gasteiger partial charge in [0.25, 0.3) is 6.43 Å². The second-order valence-corrected chi connectivity index (χ2v) is 12.9. The molecular weight excluding hydrogens is 639 g/mol. The number of rotatable bonds is 11. The van der Waals surface area contributed by atoms with Gasteiger partial charge >= 0.3 is 0 Å². The predicted octanol–water partition coefficient (Wildman–Crippen LogP) is 5.97. The number of halogens is 3. The second kappa shape index (κ2) is 13.0. The van der Waals surface area contributed by atoms with Gasteiger partial charge in [0.2, 0.25) is 15.8 Å². The lowest BCUT2D eigenvalue weighted by Crippen LogP contribution is -2.33. The molecule has 5 aromatic rings. The number of alkyl halides is 2. The maximum atomic E-state index is 14.0. The first-order chi connectivity index (χ1) is 22.5. The first-order valence-electron chi connectivity index (χ1n) is 14.6. The standard InChI is InChI=1S/C32H30F3N5O6S/c1-18-12-20(46-28-5-3-2-4-23(28)33)6-7-27(18)40-32(36)22(16-37-40)31(41)26-13-19-14-29(45-17-30(34)35)25(15-24(19)38-26)39-47(42,43)21-8-10-44-11-9-21/h2-7,12-16,21,30,38-39H,8-11,17,36H2,1H3. The molecule has 0 aliphatic carbocycles. The molecule has 1 saturated heterocycles. The van der Waals surface area contributed by atoms with Gasteiger partial charge in [-0.3, -0.25) is 9.52 Å². The molecule has 0 spiro atoms. The summed E-state index contributed by atoms with van der Waals surface area (Å²) in [5.41, 5.74) is 8.11. The van der Waals surface area contributed by atoms with E-state index >= 15 is 0 Å². The van der Waals surface area contributed by atoms with Crippen molar-refractivity contribution in [3.8, 4) is 22.9 Å². The number of ether oxygens (including phenoxy) is 3. The van der Waals surface area contributed by atoms with Crippen molar-refractivity contribution in [3.05, 3.63) is 89.5 Å². The molecule has 47 heavy (non-hydrogen) atoms. The minimum Gasteiger partial charge on any atom is -0.485 e. The number of anilines is 2. The number of ketones is 1. The van der Waals surface area contributed by atoms with Gasteiger partial charge < -0.3 is 24.9 Å². The van der Waals surface area contributed by atoms with Crippen LogP contribution >= 0.6 is 0 Å². The number of aryl methyl sites for hydroxylation is 1. The molecule has 246 valence electrons. The van der Waals surface area contributed by atoms with Crippen molar-refractivity contribution in [2.75, 3.05) is 30.3 Å². The fraction of sp³-hybridized carbons (Fsp3) is 0.250. The van der Waals surface area contributed by atoms with E-state index in [1.807, 2.05) is 0 Å². The topological polar surface area (TPSA) is 151 Å². The Hall–Kier alpha value is -5.02. The van der Waals surface area contributed by atoms with Gasteiger partial charge in [0.1, 0.15) is 23.9 Å². The molecule has 1 fully saturated rings. The fourth-order valence-corrected chi connectivity index (χ4v) is 6.76. The number of fused-ring (bicyclic) bond motifs is 1. The van der Waals surface area contributed by atoms with Gasteiger partial charge in [-0.1, -0.05) is 12.1 Å². The number of nitrogens with zero attached hydrogens (tertiary/aromatic N) is 2. The number of sulfonamides is 1. The van der Waals surface area contributed by atoms with Crippen molar-refractivity contribution in [3.63, 3.8) is 0 Å². The molecule has 0 radical (unpaired) electrons. The van der Waals surface area contributed by atoms with E-state index in [0.29, 0.717) is 27.9 Å². The van der Waals surface area contributed by atoms with Crippen LogP contribution in [0.1, 0.15) is 34.5 Å². The summed E-state index contributed by atoms with van der Waals surface area (Å²) in [6, 6.07) is 15.3. The zero-order valence-corrected chi connectivity index (χ0v) is 25.8. The van der Waals surface area contributed by atoms with Crippen LogP contribution in [0, 0.1) is 12.7 Å². The first kappa shape index (κ1) is 31.9. The molecule has 3 heterocycles. The minimum absolute atomic E-state index is 0.0456. The lowest BCUT2D eigenvalue weighted by atomic mass is 10.1. The molecule has 11 nitrogen and oxygen atoms in total. The van der Waals surface area contributed by atoms with Crippen LogP contribution in [0.2, 0.25) is 0 Å². The lowest BCUT2D eigenvalue weighted by molar-refractivity contribution is 0.0823. The number of nitrogens with two attached hydrogens (primary N) is 1. The number of hydrogen-bond acceptors (Lipinski definition) is 8. The van der Waals surface area contributed by atoms with Crippen LogP contribution in [-0.2, 0) is 14.8 Å². The third-order valence-corrected chi connectivity index (χ3v) is 9.56. The highest BCUT2D eigenvalue weighted by molar-refractivity contribution is 7.93. The lowest BCUT2D eigenvalue weighted by Gasteiger charge is -2.23. The molecule has 0 unspecified atom stereocenters. The van der Waals surface area contributed by atoms with Crippen molar-refractivity contribution < 1.29 is 40.6 Å². The highest BCUT2D eigenvalue weighted by Gasteiger charge is 2.29. The van der Waals surface area contributed by atoms with Crippen molar-refractivity contribution in [1.82, 2.24) is 14.8 Å². The SMILES string of the molecule is Cc1cc(Oc2ccccc2F)ccc1-n1ncc(C(=O)c2cc3cc(OCC(F)F)c(NS(=O)(=O)C4CCOCC4)cc3[nH]2)c1N. The Balaban J connectivity index is 1.27. The summed E-state index contributed by atoms with van der Waals surface area (Å²) in [5, 5.41) is 4.00. The first-order valence-corrected chi connectivity index (χ1v) is 16.1. The average molecular weight is 670 g/mol. The number of benzene rings is 3. The molecule has 1 aliphatic rings. The summed E-state index contributed by atoms with van der Waals surface area (Å²) < 4.78 is 86.3. The highest BCUT2D eigenvalue weighted by Crippen LogP contribution is 2.34. The van der Waals surface area contributed by atoms with Crippen LogP contribution in [0.25, 0.3) is 16.6 Å². The number of nitrogens with one attached hydrogen (secondary N) is 2. The number of para-hydroxylation sites is 1. The van der Waals surface area contributed by atoms with Crippen LogP contribution in [0.4, 0.5) is 24.7 Å². The molecule has 0 amide bonds. The van der Waals surface area contributed by atoms with E-state index in [1.165, 1.54) is 41.2 Å². The van der Waals surface area contributed by atoms with E-state index < -0.39 is 39.9 Å². The van der Waals surface area contributed by atoms with Crippen LogP contribution in [-0.4, -0.2) is 60.5 Å². The van der Waals surface area contributed by atoms with Crippen LogP contribution < -0.4 is 19.9 Å². The second-order valence-electron chi connectivity index (χ2n) is 10.9. The summed E-state index contributed by atoms with van der Waals surface area (Å²) in [7, 11) is -3.90. The van der Waals surface area contributed by atoms with Gasteiger partial charge in [-0.25, -0.2) is 26.3 Å². The van der Waals surface area contributed by atoms with E-state index in [2.05, 4.69) is 14.8 Å². The Morgan fingerprint density at radius 2 is 1.89 bits per heavy atom. The number of aromatic amines is 1. The molecule has 0 saturated carbocycles. The Morgan fingerprint density at radius 3 is 2.62 bits per heavy atom. The molecule has 4 N–H and O–H groups in total. The van der Waals surface area contributed by atoms with Crippen LogP contribution in [0.3, 0.4) is 0 Å². The zero-order valence-electron chi connectivity index (χ0n) is 25.0. The van der Waals surface area contributed by atoms with Gasteiger partial charge in [0.05, 0.1) is 34.1 Å². The van der Waals surface area contributed by atoms with E-state index in [4.69, 9.17) is 19.9 Å². The van der Waals surface area contributed by atoms with Gasteiger partial charge in [0.15, 0.2) is 11.6 Å². The minimum atomic E-state index is -3.90. The molecule has 0 atom stereocenters. The maximum Gasteiger partial charge on any atom is 0.272 e. The van der Waals surface area contributed by atoms with E-state index in [-0.39, 0.29) is 60.3 Å². The van der Waals surface area contributed by atoms with Crippen molar-refractivity contribution in [1.29, 1.82) is 0 Å². The van der Waals surface area contributed by atoms with Crippen LogP contribution in [0.15, 0.2) is 66.9 Å². The van der Waals surface area contributed by atoms with Crippen molar-refractivity contribution >= 4 is 38.2 Å². The quantitative estimate of drug-likeness (QED) is 0.146. The van der Waals surface area contributed by atoms with Crippen LogP contribution in [0.5, 0.6) is 17.2 Å². The molecule has 6 rings (SSSR count). The average Bonchev–Trinajstić information content (AvgIpc) is 3.64. The summed E-state index contributed by atoms with van der Waals surface area (Å²) in [5.74, 6) is -0.623. The summed E-state index contributed by atoms with van der Waals surface area (Å²) in [6.07, 6.45) is -0.914. The fourth-order valence-electron chi connectivity index (χ4n) is 5.31. The van der Waals surface area contributed by atoms with Crippen molar-refractivity contribution in [2.45, 2.75) is 31.4 Å². The number of carbonyl (C=O) groups excluding carboxylic acids is 1. The molecule has 15 heteroatoms. The highest BCUT2D eigenvalue weighted by atomic mass is 32.2. The van der Waals surface area contributed by atoms with E-state index in [0.717, 1.165) is 0 Å². The Morgan fingerprint density at radius 1 is 1.13 bits per heavy atom. The summed E-state index contributed by atoms with van der Waals surface area (Å²) >= 11 is 0. The van der Waals surface area contributed by atoms with Crippen molar-refractivity contribution in [2.24, 2.45) is 0 Å². The Bertz CT molecular complexity index is 2060. The molecular formula is C32H30F3N5O6S. The normalized spacial score (nSPS) is 14.1. The monoisotopic (exact) mass is 669 g/mol. The van der Waals surface area contributed by atoms with Gasteiger partial charge in [0, 0.05) is 24.1 Å². The molecule has 0 bridgehead atoms. The third-order valence-electron chi connectivity index (χ3n) is 7.70. The number of aromatic nitrogens is 3. The number of hydrogen-bond donors (Lipinski definition) is 3. The maximum absolute atomic E-state index is 14.0. The Kier molecular flexibility index (Phi) is 8.84. The molecule has 2 aromatic heterocycles. The predicted molar refractivity (Wildman–Crippen MR) is 169 cm³/mol. The number of H-pyrrole nitrogens is 1. The van der Waals surface area contributed by atoms with E-state index in [9.17, 15) is 26.4 Å². The largest absolute Gasteiger partial charge is 0.485 e. The van der Waals surface area contributed by atoms with Gasteiger partial charge in [-0.15, -0.1) is 0 Å². The smallest absolute Gasteiger partial charge is 0.272 e. The zero-order chi connectivity index (χ0) is 33.3. The third kappa shape index (κ3) is 6.76. The summed E-state index contributed by atoms with van der Waals surface area (Å²) in [4.78, 5) is 16.6. The van der Waals surface area contributed by atoms with Gasteiger partial charge in [-0.2, -0.15) is 5.10 Å². The Labute approximate surface area is 267 Å². The number of nitrogen functional groups attached to an aromatic ring is 1.